The molecule has 3 aromatic rings. The Morgan fingerprint density at radius 3 is 1.32 bits per heavy atom. The Morgan fingerprint density at radius 1 is 0.643 bits per heavy atom. The number of nitrogens with zero attached hydrogens (tertiary/aromatic N) is 4. The third-order valence-corrected chi connectivity index (χ3v) is 3.92. The maximum atomic E-state index is 11.5. The predicted molar refractivity (Wildman–Crippen MR) is 100 cm³/mol. The van der Waals surface area contributed by atoms with Crippen molar-refractivity contribution in [2.75, 3.05) is 10.1 Å². The van der Waals surface area contributed by atoms with E-state index in [0.29, 0.717) is 16.2 Å². The van der Waals surface area contributed by atoms with Crippen molar-refractivity contribution < 1.29 is 20.3 Å². The van der Waals surface area contributed by atoms with Crippen molar-refractivity contribution in [2.24, 2.45) is 0 Å². The maximum Gasteiger partial charge on any atom is 0.302 e. The smallest absolute Gasteiger partial charge is 0.283 e. The van der Waals surface area contributed by atoms with Crippen molar-refractivity contribution in [3.8, 4) is 0 Å². The highest BCUT2D eigenvalue weighted by Gasteiger charge is 2.30. The molecule has 3 rings (SSSR count). The van der Waals surface area contributed by atoms with E-state index in [1.165, 1.54) is 24.3 Å². The Bertz CT molecular complexity index is 935. The molecular formula is C18H14N4O6. The summed E-state index contributed by atoms with van der Waals surface area (Å²) in [5.41, 5.74) is -1.66. The van der Waals surface area contributed by atoms with Crippen LogP contribution in [-0.4, -0.2) is 20.3 Å². The summed E-state index contributed by atoms with van der Waals surface area (Å²) in [5.74, 6) is 0. The molecular weight excluding hydrogens is 368 g/mol. The summed E-state index contributed by atoms with van der Waals surface area (Å²) in [6.45, 7) is 0. The number of nitro groups is 2. The molecule has 0 heterocycles. The van der Waals surface area contributed by atoms with Crippen LogP contribution >= 0.6 is 0 Å². The molecule has 0 saturated carbocycles. The molecule has 0 aliphatic rings. The van der Waals surface area contributed by atoms with Crippen molar-refractivity contribution in [3.63, 3.8) is 0 Å². The van der Waals surface area contributed by atoms with Crippen LogP contribution < -0.4 is 10.1 Å². The van der Waals surface area contributed by atoms with Crippen molar-refractivity contribution in [3.05, 3.63) is 93.0 Å². The highest BCUT2D eigenvalue weighted by molar-refractivity contribution is 5.82. The van der Waals surface area contributed by atoms with Gasteiger partial charge in [-0.1, -0.05) is 36.4 Å². The maximum absolute atomic E-state index is 11.5. The molecule has 0 fully saturated rings. The van der Waals surface area contributed by atoms with Gasteiger partial charge in [-0.05, 0) is 24.3 Å². The van der Waals surface area contributed by atoms with E-state index in [-0.39, 0.29) is 22.7 Å². The Balaban J connectivity index is 2.21. The van der Waals surface area contributed by atoms with Crippen molar-refractivity contribution in [1.82, 2.24) is 0 Å². The number of hydrogen-bond acceptors (Lipinski definition) is 8. The molecule has 10 heteroatoms. The van der Waals surface area contributed by atoms with Crippen molar-refractivity contribution in [2.45, 2.75) is 0 Å². The van der Waals surface area contributed by atoms with Gasteiger partial charge in [0.15, 0.2) is 0 Å². The lowest BCUT2D eigenvalue weighted by molar-refractivity contribution is -0.393. The number of benzene rings is 3. The molecule has 0 aromatic heterocycles. The monoisotopic (exact) mass is 382 g/mol. The molecule has 142 valence electrons. The number of anilines is 4. The van der Waals surface area contributed by atoms with Crippen LogP contribution in [0.4, 0.5) is 34.1 Å². The van der Waals surface area contributed by atoms with Gasteiger partial charge in [0.2, 0.25) is 0 Å². The van der Waals surface area contributed by atoms with Gasteiger partial charge in [-0.25, -0.2) is 10.1 Å². The van der Waals surface area contributed by atoms with Crippen LogP contribution in [0.5, 0.6) is 0 Å². The largest absolute Gasteiger partial charge is 0.302 e. The molecule has 10 nitrogen and oxygen atoms in total. The highest BCUT2D eigenvalue weighted by atomic mass is 16.6. The number of hydrogen-bond donors (Lipinski definition) is 2. The zero-order valence-corrected chi connectivity index (χ0v) is 14.2. The van der Waals surface area contributed by atoms with E-state index in [1.54, 1.807) is 36.4 Å². The van der Waals surface area contributed by atoms with E-state index in [0.717, 1.165) is 6.07 Å². The minimum absolute atomic E-state index is 0.203. The SMILES string of the molecule is O=[N+]([O-])c1cc([N+](=O)[O-])c(N(O)c2ccccc2)cc1N(O)c1ccccc1. The first-order chi connectivity index (χ1) is 13.4. The van der Waals surface area contributed by atoms with Crippen LogP contribution in [0.25, 0.3) is 0 Å². The van der Waals surface area contributed by atoms with Gasteiger partial charge in [0.1, 0.15) is 11.4 Å². The quantitative estimate of drug-likeness (QED) is 0.468. The summed E-state index contributed by atoms with van der Waals surface area (Å²) in [6.07, 6.45) is 0. The fourth-order valence-electron chi connectivity index (χ4n) is 2.60. The highest BCUT2D eigenvalue weighted by Crippen LogP contribution is 2.42. The first-order valence-corrected chi connectivity index (χ1v) is 7.95. The minimum Gasteiger partial charge on any atom is -0.283 e. The van der Waals surface area contributed by atoms with Crippen molar-refractivity contribution in [1.29, 1.82) is 0 Å². The van der Waals surface area contributed by atoms with E-state index in [1.807, 2.05) is 0 Å². The van der Waals surface area contributed by atoms with Gasteiger partial charge >= 0.3 is 11.4 Å². The van der Waals surface area contributed by atoms with Gasteiger partial charge < -0.3 is 0 Å². The average Bonchev–Trinajstić information content (AvgIpc) is 2.72. The summed E-state index contributed by atoms with van der Waals surface area (Å²) in [6, 6.07) is 17.5. The van der Waals surface area contributed by atoms with Crippen LogP contribution in [0.2, 0.25) is 0 Å². The predicted octanol–water partition coefficient (Wildman–Crippen LogP) is 4.56. The van der Waals surface area contributed by atoms with Gasteiger partial charge in [-0.3, -0.25) is 30.6 Å². The molecule has 0 aliphatic heterocycles. The molecule has 3 aromatic carbocycles. The third-order valence-electron chi connectivity index (χ3n) is 3.92. The van der Waals surface area contributed by atoms with Crippen molar-refractivity contribution >= 4 is 34.1 Å². The van der Waals surface area contributed by atoms with E-state index in [9.17, 15) is 30.6 Å². The zero-order valence-electron chi connectivity index (χ0n) is 14.2. The lowest BCUT2D eigenvalue weighted by atomic mass is 10.1. The normalized spacial score (nSPS) is 10.4. The Morgan fingerprint density at radius 2 is 1.00 bits per heavy atom. The molecule has 0 aliphatic carbocycles. The topological polar surface area (TPSA) is 133 Å². The van der Waals surface area contributed by atoms with E-state index in [4.69, 9.17) is 0 Å². The van der Waals surface area contributed by atoms with Gasteiger partial charge in [0.05, 0.1) is 27.3 Å². The van der Waals surface area contributed by atoms with Crippen LogP contribution in [0, 0.1) is 20.2 Å². The number of nitro benzene ring substituents is 2. The lowest BCUT2D eigenvalue weighted by Gasteiger charge is -2.21. The third kappa shape index (κ3) is 3.58. The second-order valence-electron chi connectivity index (χ2n) is 5.64. The number of rotatable bonds is 6. The molecule has 0 radical (unpaired) electrons. The summed E-state index contributed by atoms with van der Waals surface area (Å²) in [5, 5.41) is 44.9. The molecule has 0 spiro atoms. The van der Waals surface area contributed by atoms with E-state index >= 15 is 0 Å². The fourth-order valence-corrected chi connectivity index (χ4v) is 2.60. The molecule has 28 heavy (non-hydrogen) atoms. The van der Waals surface area contributed by atoms with E-state index < -0.39 is 21.2 Å². The summed E-state index contributed by atoms with van der Waals surface area (Å²) in [4.78, 5) is 21.2. The number of para-hydroxylation sites is 2. The van der Waals surface area contributed by atoms with E-state index in [2.05, 4.69) is 0 Å². The standard InChI is InChI=1S/C18H14N4O6/c23-19(13-7-3-1-4-8-13)15-11-16(20(24)14-9-5-2-6-10-14)18(22(27)28)12-17(15)21(25)26/h1-12,23-24H. The Hall–Kier alpha value is -4.02. The van der Waals surface area contributed by atoms with Gasteiger partial charge in [0, 0.05) is 6.07 Å². The zero-order chi connectivity index (χ0) is 20.3. The Kier molecular flexibility index (Phi) is 5.16. The molecule has 0 unspecified atom stereocenters. The first kappa shape index (κ1) is 18.8. The van der Waals surface area contributed by atoms with Gasteiger partial charge in [-0.15, -0.1) is 0 Å². The molecule has 0 saturated heterocycles. The fraction of sp³-hybridized carbons (Fsp3) is 0. The van der Waals surface area contributed by atoms with Crippen LogP contribution in [0.1, 0.15) is 0 Å². The van der Waals surface area contributed by atoms with Gasteiger partial charge in [-0.2, -0.15) is 0 Å². The first-order valence-electron chi connectivity index (χ1n) is 7.95. The second kappa shape index (κ2) is 7.70. The molecule has 0 amide bonds. The molecule has 0 atom stereocenters. The summed E-state index contributed by atoms with van der Waals surface area (Å²) < 4.78 is 0. The van der Waals surface area contributed by atoms with Crippen LogP contribution in [0.3, 0.4) is 0 Å². The molecule has 0 bridgehead atoms. The van der Waals surface area contributed by atoms with Crippen LogP contribution in [0.15, 0.2) is 72.8 Å². The minimum atomic E-state index is -0.845. The average molecular weight is 382 g/mol. The van der Waals surface area contributed by atoms with Gasteiger partial charge in [0.25, 0.3) is 0 Å². The Labute approximate surface area is 158 Å². The lowest BCUT2D eigenvalue weighted by Crippen LogP contribution is -2.16. The second-order valence-corrected chi connectivity index (χ2v) is 5.64. The summed E-state index contributed by atoms with van der Waals surface area (Å²) >= 11 is 0. The van der Waals surface area contributed by atoms with Crippen LogP contribution in [-0.2, 0) is 0 Å². The molecule has 2 N–H and O–H groups in total. The summed E-state index contributed by atoms with van der Waals surface area (Å²) in [7, 11) is 0.